The summed E-state index contributed by atoms with van der Waals surface area (Å²) >= 11 is 6.52. The average Bonchev–Trinajstić information content (AvgIpc) is 3.06. The number of hydrogen-bond donors (Lipinski definition) is 3. The van der Waals surface area contributed by atoms with Crippen molar-refractivity contribution in [2.45, 2.75) is 50.4 Å². The Morgan fingerprint density at radius 1 is 1.03 bits per heavy atom. The van der Waals surface area contributed by atoms with Crippen molar-refractivity contribution in [1.29, 1.82) is 0 Å². The molecule has 0 atom stereocenters. The smallest absolute Gasteiger partial charge is 0.203 e. The van der Waals surface area contributed by atoms with Gasteiger partial charge in [-0.25, -0.2) is 4.39 Å². The second kappa shape index (κ2) is 7.42. The third-order valence-corrected chi connectivity index (χ3v) is 9.28. The largest absolute Gasteiger partial charge is 0.505 e. The van der Waals surface area contributed by atoms with Gasteiger partial charge in [0, 0.05) is 12.0 Å². The van der Waals surface area contributed by atoms with Gasteiger partial charge >= 0.3 is 0 Å². The molecule has 6 heteroatoms. The molecule has 4 aliphatic carbocycles. The summed E-state index contributed by atoms with van der Waals surface area (Å²) in [6, 6.07) is 11.4. The Morgan fingerprint density at radius 3 is 2.31 bits per heavy atom. The minimum atomic E-state index is -0.539. The van der Waals surface area contributed by atoms with Gasteiger partial charge in [0.15, 0.2) is 15.5 Å². The highest BCUT2D eigenvalue weighted by molar-refractivity contribution is 7.73. The lowest BCUT2D eigenvalue weighted by atomic mass is 9.48. The van der Waals surface area contributed by atoms with Gasteiger partial charge in [0.05, 0.1) is 4.88 Å². The van der Waals surface area contributed by atoms with Crippen molar-refractivity contribution in [3.05, 3.63) is 62.2 Å². The first kappa shape index (κ1) is 20.4. The lowest BCUT2D eigenvalue weighted by Gasteiger charge is -2.57. The summed E-state index contributed by atoms with van der Waals surface area (Å²) in [4.78, 5) is 3.55. The molecule has 166 valence electrons. The molecule has 4 bridgehead atoms. The molecule has 3 nitrogen and oxygen atoms in total. The van der Waals surface area contributed by atoms with Gasteiger partial charge in [-0.3, -0.25) is 0 Å². The van der Waals surface area contributed by atoms with Crippen LogP contribution in [0.3, 0.4) is 0 Å². The van der Waals surface area contributed by atoms with Crippen LogP contribution in [-0.2, 0) is 11.8 Å². The Bertz CT molecular complexity index is 1230. The maximum absolute atomic E-state index is 15.1. The predicted molar refractivity (Wildman–Crippen MR) is 127 cm³/mol. The van der Waals surface area contributed by atoms with E-state index in [2.05, 4.69) is 4.98 Å². The third kappa shape index (κ3) is 3.30. The van der Waals surface area contributed by atoms with Gasteiger partial charge in [-0.2, -0.15) is 0 Å². The molecular formula is C26H26FNO2S2. The normalized spacial score (nSPS) is 28.3. The van der Waals surface area contributed by atoms with Crippen LogP contribution in [0.4, 0.5) is 4.39 Å². The molecule has 0 amide bonds. The Hall–Kier alpha value is -2.18. The second-order valence-electron chi connectivity index (χ2n) is 10.2. The van der Waals surface area contributed by atoms with E-state index in [0.29, 0.717) is 28.1 Å². The summed E-state index contributed by atoms with van der Waals surface area (Å²) in [7, 11) is 0. The maximum Gasteiger partial charge on any atom is 0.203 e. The van der Waals surface area contributed by atoms with E-state index in [9.17, 15) is 10.2 Å². The molecule has 0 unspecified atom stereocenters. The molecule has 0 spiro atoms. The highest BCUT2D eigenvalue weighted by atomic mass is 32.1. The lowest BCUT2D eigenvalue weighted by Crippen LogP contribution is -2.48. The van der Waals surface area contributed by atoms with Crippen molar-refractivity contribution in [3.63, 3.8) is 0 Å². The van der Waals surface area contributed by atoms with Crippen LogP contribution in [0.5, 0.6) is 11.6 Å². The first-order valence-corrected chi connectivity index (χ1v) is 12.6. The summed E-state index contributed by atoms with van der Waals surface area (Å²) in [6.07, 6.45) is 7.62. The number of aromatic amines is 1. The van der Waals surface area contributed by atoms with Gasteiger partial charge in [0.2, 0.25) is 5.88 Å². The Labute approximate surface area is 196 Å². The zero-order chi connectivity index (χ0) is 22.0. The highest BCUT2D eigenvalue weighted by Crippen LogP contribution is 2.62. The van der Waals surface area contributed by atoms with Crippen LogP contribution in [-0.4, -0.2) is 15.2 Å². The van der Waals surface area contributed by atoms with Gasteiger partial charge in [-0.05, 0) is 103 Å². The van der Waals surface area contributed by atoms with Crippen molar-refractivity contribution >= 4 is 23.6 Å². The van der Waals surface area contributed by atoms with E-state index in [0.717, 1.165) is 46.4 Å². The molecule has 0 aliphatic heterocycles. The molecular weight excluding hydrogens is 441 g/mol. The molecule has 2 aromatic carbocycles. The molecule has 7 rings (SSSR count). The molecule has 3 aromatic rings. The quantitative estimate of drug-likeness (QED) is 0.359. The molecule has 4 aliphatic rings. The molecule has 4 saturated carbocycles. The number of nitrogens with one attached hydrogen (secondary N) is 1. The van der Waals surface area contributed by atoms with Crippen molar-refractivity contribution in [2.75, 3.05) is 0 Å². The van der Waals surface area contributed by atoms with Crippen LogP contribution >= 0.6 is 23.6 Å². The van der Waals surface area contributed by atoms with Crippen LogP contribution < -0.4 is 0 Å². The van der Waals surface area contributed by atoms with Crippen LogP contribution in [0.2, 0.25) is 0 Å². The standard InChI is InChI=1S/C26H26FNO2S2/c27-21-9-18(19-4-2-1-3-17(19)10-22-24(30)28-25(31)32-22)8-20(23(21)29)26-11-14-5-15(12-26)7-16(6-14)13-26/h1-4,8-9,14-16,29-30H,5-7,10-13H2,(H,28,31). The number of aromatic nitrogens is 1. The monoisotopic (exact) mass is 467 g/mol. The van der Waals surface area contributed by atoms with Gasteiger partial charge in [-0.15, -0.1) is 11.3 Å². The molecule has 4 fully saturated rings. The minimum Gasteiger partial charge on any atom is -0.505 e. The van der Waals surface area contributed by atoms with E-state index in [1.807, 2.05) is 30.3 Å². The van der Waals surface area contributed by atoms with E-state index >= 15 is 4.39 Å². The highest BCUT2D eigenvalue weighted by Gasteiger charge is 2.52. The summed E-state index contributed by atoms with van der Waals surface area (Å²) in [5.41, 5.74) is 3.43. The molecule has 0 saturated heterocycles. The molecule has 3 N–H and O–H groups in total. The zero-order valence-corrected chi connectivity index (χ0v) is 19.4. The molecule has 32 heavy (non-hydrogen) atoms. The fraction of sp³-hybridized carbons (Fsp3) is 0.423. The summed E-state index contributed by atoms with van der Waals surface area (Å²) in [6.45, 7) is 0. The van der Waals surface area contributed by atoms with Crippen LogP contribution in [0.1, 0.15) is 54.5 Å². The van der Waals surface area contributed by atoms with Gasteiger partial charge in [0.25, 0.3) is 0 Å². The molecule has 0 radical (unpaired) electrons. The average molecular weight is 468 g/mol. The maximum atomic E-state index is 15.1. The number of H-pyrrole nitrogens is 1. The fourth-order valence-corrected chi connectivity index (χ4v) is 8.35. The molecule has 1 aromatic heterocycles. The van der Waals surface area contributed by atoms with Crippen molar-refractivity contribution in [1.82, 2.24) is 4.98 Å². The van der Waals surface area contributed by atoms with E-state index in [4.69, 9.17) is 12.2 Å². The van der Waals surface area contributed by atoms with Crippen LogP contribution in [0.25, 0.3) is 11.1 Å². The first-order chi connectivity index (χ1) is 15.4. The number of thiazole rings is 1. The summed E-state index contributed by atoms with van der Waals surface area (Å²) in [5.74, 6) is 1.54. The number of phenolic OH excluding ortho intramolecular Hbond substituents is 1. The lowest BCUT2D eigenvalue weighted by molar-refractivity contribution is -0.00632. The van der Waals surface area contributed by atoms with Crippen molar-refractivity contribution in [3.8, 4) is 22.8 Å². The predicted octanol–water partition coefficient (Wildman–Crippen LogP) is 7.08. The van der Waals surface area contributed by atoms with Crippen LogP contribution in [0.15, 0.2) is 36.4 Å². The van der Waals surface area contributed by atoms with Crippen molar-refractivity contribution in [2.24, 2.45) is 17.8 Å². The summed E-state index contributed by atoms with van der Waals surface area (Å²) in [5, 5.41) is 21.0. The number of halogens is 1. The number of rotatable bonds is 4. The number of aromatic hydroxyl groups is 2. The Balaban J connectivity index is 1.44. The van der Waals surface area contributed by atoms with E-state index in [1.54, 1.807) is 0 Å². The number of benzene rings is 2. The van der Waals surface area contributed by atoms with E-state index in [-0.39, 0.29) is 17.0 Å². The topological polar surface area (TPSA) is 56.2 Å². The molecule has 1 heterocycles. The first-order valence-electron chi connectivity index (χ1n) is 11.4. The SMILES string of the molecule is Oc1[nH]c(=S)sc1Cc1ccccc1-c1cc(F)c(O)c(C23CC4CC(CC(C4)C2)C3)c1. The van der Waals surface area contributed by atoms with Gasteiger partial charge in [-0.1, -0.05) is 24.3 Å². The Morgan fingerprint density at radius 2 is 1.69 bits per heavy atom. The third-order valence-electron chi connectivity index (χ3n) is 8.05. The zero-order valence-electron chi connectivity index (χ0n) is 17.7. The van der Waals surface area contributed by atoms with Crippen molar-refractivity contribution < 1.29 is 14.6 Å². The summed E-state index contributed by atoms with van der Waals surface area (Å²) < 4.78 is 15.7. The number of hydrogen-bond acceptors (Lipinski definition) is 4. The van der Waals surface area contributed by atoms with Gasteiger partial charge < -0.3 is 15.2 Å². The fourth-order valence-electron chi connectivity index (χ4n) is 7.20. The van der Waals surface area contributed by atoms with E-state index in [1.165, 1.54) is 36.7 Å². The number of phenols is 1. The van der Waals surface area contributed by atoms with E-state index < -0.39 is 5.82 Å². The van der Waals surface area contributed by atoms with Crippen LogP contribution in [0, 0.1) is 27.5 Å². The van der Waals surface area contributed by atoms with Gasteiger partial charge in [0.1, 0.15) is 0 Å². The second-order valence-corrected chi connectivity index (χ2v) is 11.9. The Kier molecular flexibility index (Phi) is 4.74. The minimum absolute atomic E-state index is 0.0944.